The molecule has 1 heterocycles. The van der Waals surface area contributed by atoms with Crippen molar-refractivity contribution in [3.8, 4) is 0 Å². The second kappa shape index (κ2) is 7.25. The Kier molecular flexibility index (Phi) is 5.37. The van der Waals surface area contributed by atoms with Gasteiger partial charge in [0.2, 0.25) is 0 Å². The molecule has 0 aromatic carbocycles. The van der Waals surface area contributed by atoms with Gasteiger partial charge in [-0.2, -0.15) is 0 Å². The number of unbranched alkanes of at least 4 members (excludes halogenated alkanes) is 2. The normalized spacial score (nSPS) is 14.3. The average Bonchev–Trinajstić information content (AvgIpc) is 2.47. The molecule has 4 nitrogen and oxygen atoms in total. The molecule has 0 amide bonds. The van der Waals surface area contributed by atoms with Gasteiger partial charge in [0.15, 0.2) is 0 Å². The first-order valence-electron chi connectivity index (χ1n) is 7.80. The summed E-state index contributed by atoms with van der Waals surface area (Å²) in [6.07, 6.45) is 9.91. The van der Waals surface area contributed by atoms with E-state index in [1.54, 1.807) is 0 Å². The zero-order valence-corrected chi connectivity index (χ0v) is 12.6. The number of aryl methyl sites for hydroxylation is 1. The first kappa shape index (κ1) is 15.5. The molecule has 0 atom stereocenters. The highest BCUT2D eigenvalue weighted by atomic mass is 16.4. The van der Waals surface area contributed by atoms with Gasteiger partial charge >= 0.3 is 5.97 Å². The van der Waals surface area contributed by atoms with Crippen molar-refractivity contribution in [2.45, 2.75) is 58.4 Å². The topological polar surface area (TPSA) is 59.3 Å². The van der Waals surface area contributed by atoms with Gasteiger partial charge in [0.25, 0.3) is 5.56 Å². The summed E-state index contributed by atoms with van der Waals surface area (Å²) >= 11 is 0. The Bertz CT molecular complexity index is 599. The Morgan fingerprint density at radius 1 is 1.33 bits per heavy atom. The molecule has 0 saturated carbocycles. The third-order valence-corrected chi connectivity index (χ3v) is 4.02. The van der Waals surface area contributed by atoms with Crippen LogP contribution < -0.4 is 5.56 Å². The largest absolute Gasteiger partial charge is 0.478 e. The number of hydrogen-bond acceptors (Lipinski definition) is 2. The zero-order chi connectivity index (χ0) is 15.2. The fraction of sp³-hybridized carbons (Fsp3) is 0.529. The summed E-state index contributed by atoms with van der Waals surface area (Å²) in [6, 6.07) is 1.88. The fourth-order valence-electron chi connectivity index (χ4n) is 2.94. The summed E-state index contributed by atoms with van der Waals surface area (Å²) in [6.45, 7) is 2.88. The van der Waals surface area contributed by atoms with Crippen LogP contribution in [0.2, 0.25) is 0 Å². The molecule has 0 radical (unpaired) electrons. The minimum atomic E-state index is -1.02. The van der Waals surface area contributed by atoms with Crippen LogP contribution in [0.3, 0.4) is 0 Å². The Balaban J connectivity index is 2.41. The molecule has 0 spiro atoms. The lowest BCUT2D eigenvalue weighted by Crippen LogP contribution is -2.28. The molecule has 1 aromatic rings. The number of carboxylic acid groups (broad SMARTS) is 1. The van der Waals surface area contributed by atoms with Gasteiger partial charge < -0.3 is 9.67 Å². The molecule has 21 heavy (non-hydrogen) atoms. The van der Waals surface area contributed by atoms with Crippen molar-refractivity contribution < 1.29 is 9.90 Å². The highest BCUT2D eigenvalue weighted by Crippen LogP contribution is 2.21. The Labute approximate surface area is 125 Å². The van der Waals surface area contributed by atoms with Crippen LogP contribution in [0.1, 0.15) is 55.8 Å². The number of rotatable bonds is 6. The van der Waals surface area contributed by atoms with E-state index in [2.05, 4.69) is 6.92 Å². The summed E-state index contributed by atoms with van der Waals surface area (Å²) < 4.78 is 1.88. The van der Waals surface area contributed by atoms with Crippen molar-refractivity contribution in [1.82, 2.24) is 4.57 Å². The molecule has 0 unspecified atom stereocenters. The number of aliphatic carboxylic acids is 1. The summed E-state index contributed by atoms with van der Waals surface area (Å²) in [4.78, 5) is 23.2. The Morgan fingerprint density at radius 3 is 2.81 bits per heavy atom. The first-order chi connectivity index (χ1) is 10.1. The predicted molar refractivity (Wildman–Crippen MR) is 83.5 cm³/mol. The van der Waals surface area contributed by atoms with Crippen LogP contribution in [-0.2, 0) is 24.2 Å². The van der Waals surface area contributed by atoms with Crippen LogP contribution in [0, 0.1) is 0 Å². The van der Waals surface area contributed by atoms with Crippen LogP contribution in [0.15, 0.2) is 16.9 Å². The van der Waals surface area contributed by atoms with Crippen LogP contribution >= 0.6 is 0 Å². The van der Waals surface area contributed by atoms with Gasteiger partial charge in [-0.25, -0.2) is 4.79 Å². The van der Waals surface area contributed by atoms with E-state index in [-0.39, 0.29) is 5.56 Å². The summed E-state index contributed by atoms with van der Waals surface area (Å²) in [5.41, 5.74) is 2.82. The van der Waals surface area contributed by atoms with Crippen LogP contribution in [0.4, 0.5) is 0 Å². The maximum absolute atomic E-state index is 12.6. The summed E-state index contributed by atoms with van der Waals surface area (Å²) in [5, 5.41) is 8.75. The molecule has 114 valence electrons. The zero-order valence-electron chi connectivity index (χ0n) is 12.6. The van der Waals surface area contributed by atoms with E-state index in [1.807, 2.05) is 10.6 Å². The monoisotopic (exact) mass is 289 g/mol. The van der Waals surface area contributed by atoms with E-state index in [9.17, 15) is 9.59 Å². The van der Waals surface area contributed by atoms with E-state index in [4.69, 9.17) is 5.11 Å². The van der Waals surface area contributed by atoms with Gasteiger partial charge in [-0.3, -0.25) is 4.79 Å². The van der Waals surface area contributed by atoms with Gasteiger partial charge in [-0.15, -0.1) is 0 Å². The van der Waals surface area contributed by atoms with Crippen LogP contribution in [0.5, 0.6) is 0 Å². The van der Waals surface area contributed by atoms with E-state index in [0.717, 1.165) is 63.3 Å². The Hall–Kier alpha value is -1.84. The smallest absolute Gasteiger partial charge is 0.328 e. The lowest BCUT2D eigenvalue weighted by atomic mass is 9.94. The van der Waals surface area contributed by atoms with E-state index < -0.39 is 5.97 Å². The number of fused-ring (bicyclic) bond motifs is 1. The average molecular weight is 289 g/mol. The molecule has 1 N–H and O–H groups in total. The van der Waals surface area contributed by atoms with E-state index in [0.29, 0.717) is 5.56 Å². The van der Waals surface area contributed by atoms with Gasteiger partial charge in [-0.1, -0.05) is 19.8 Å². The van der Waals surface area contributed by atoms with Crippen molar-refractivity contribution in [2.75, 3.05) is 0 Å². The molecular weight excluding hydrogens is 266 g/mol. The molecule has 1 aliphatic rings. The quantitative estimate of drug-likeness (QED) is 0.647. The van der Waals surface area contributed by atoms with Crippen molar-refractivity contribution in [2.24, 2.45) is 0 Å². The van der Waals surface area contributed by atoms with Crippen molar-refractivity contribution in [3.05, 3.63) is 39.3 Å². The van der Waals surface area contributed by atoms with E-state index >= 15 is 0 Å². The molecular formula is C17H23NO3. The summed E-state index contributed by atoms with van der Waals surface area (Å²) in [7, 11) is 0. The van der Waals surface area contributed by atoms with Crippen molar-refractivity contribution in [1.29, 1.82) is 0 Å². The number of carbonyl (C=O) groups is 1. The predicted octanol–water partition coefficient (Wildman–Crippen LogP) is 3.02. The van der Waals surface area contributed by atoms with Gasteiger partial charge in [0.1, 0.15) is 0 Å². The van der Waals surface area contributed by atoms with Crippen molar-refractivity contribution in [3.63, 3.8) is 0 Å². The maximum Gasteiger partial charge on any atom is 0.328 e. The number of carboxylic acids is 1. The molecule has 0 aliphatic heterocycles. The summed E-state index contributed by atoms with van der Waals surface area (Å²) in [5.74, 6) is -1.02. The number of pyridine rings is 1. The standard InChI is InChI=1S/C17H23NO3/c1-2-3-6-11-18-15-8-5-4-7-13(15)12-14(17(18)21)9-10-16(19)20/h9-10,12H,2-8,11H2,1H3,(H,19,20)/b10-9+. The second-order valence-corrected chi connectivity index (χ2v) is 5.61. The number of nitrogens with zero attached hydrogens (tertiary/aromatic N) is 1. The lowest BCUT2D eigenvalue weighted by molar-refractivity contribution is -0.131. The fourth-order valence-corrected chi connectivity index (χ4v) is 2.94. The highest BCUT2D eigenvalue weighted by molar-refractivity contribution is 5.85. The lowest BCUT2D eigenvalue weighted by Gasteiger charge is -2.22. The minimum Gasteiger partial charge on any atom is -0.478 e. The van der Waals surface area contributed by atoms with E-state index in [1.165, 1.54) is 11.6 Å². The molecule has 1 aromatic heterocycles. The SMILES string of the molecule is CCCCCn1c2c(cc(/C=C/C(=O)O)c1=O)CCCC2. The highest BCUT2D eigenvalue weighted by Gasteiger charge is 2.16. The van der Waals surface area contributed by atoms with Gasteiger partial charge in [0, 0.05) is 23.9 Å². The second-order valence-electron chi connectivity index (χ2n) is 5.61. The number of hydrogen-bond donors (Lipinski definition) is 1. The third-order valence-electron chi connectivity index (χ3n) is 4.02. The van der Waals surface area contributed by atoms with Crippen LogP contribution in [-0.4, -0.2) is 15.6 Å². The Morgan fingerprint density at radius 2 is 2.10 bits per heavy atom. The molecule has 0 fully saturated rings. The minimum absolute atomic E-state index is 0.0516. The third kappa shape index (κ3) is 3.84. The molecule has 4 heteroatoms. The molecule has 2 rings (SSSR count). The van der Waals surface area contributed by atoms with Crippen LogP contribution in [0.25, 0.3) is 6.08 Å². The molecule has 0 bridgehead atoms. The first-order valence-corrected chi connectivity index (χ1v) is 7.80. The molecule has 0 saturated heterocycles. The van der Waals surface area contributed by atoms with Gasteiger partial charge in [-0.05, 0) is 49.8 Å². The molecule has 1 aliphatic carbocycles. The van der Waals surface area contributed by atoms with Crippen molar-refractivity contribution >= 4 is 12.0 Å². The van der Waals surface area contributed by atoms with Gasteiger partial charge in [0.05, 0.1) is 0 Å². The maximum atomic E-state index is 12.6. The number of aromatic nitrogens is 1.